The van der Waals surface area contributed by atoms with Gasteiger partial charge in [-0.25, -0.2) is 4.98 Å². The van der Waals surface area contributed by atoms with Crippen LogP contribution in [0.15, 0.2) is 22.7 Å². The fourth-order valence-corrected chi connectivity index (χ4v) is 2.04. The number of hydrogen-bond donors (Lipinski definition) is 1. The Morgan fingerprint density at radius 3 is 2.68 bits per heavy atom. The van der Waals surface area contributed by atoms with E-state index >= 15 is 0 Å². The highest BCUT2D eigenvalue weighted by molar-refractivity contribution is 9.10. The molecule has 2 aromatic rings. The van der Waals surface area contributed by atoms with Gasteiger partial charge in [-0.3, -0.25) is 0 Å². The molecule has 5 nitrogen and oxygen atoms in total. The number of halogens is 2. The van der Waals surface area contributed by atoms with E-state index in [4.69, 9.17) is 26.8 Å². The van der Waals surface area contributed by atoms with E-state index < -0.39 is 0 Å². The second-order valence-electron chi connectivity index (χ2n) is 3.70. The standard InChI is InChI=1S/C12H11BrClN3O2/c1-6-10(15)11(17-12(14)16-6)19-9-4-3-7(18-2)5-8(9)13/h3-5H,15H2,1-2H3. The van der Waals surface area contributed by atoms with Gasteiger partial charge in [0, 0.05) is 0 Å². The molecule has 1 aromatic carbocycles. The second-order valence-corrected chi connectivity index (χ2v) is 4.89. The smallest absolute Gasteiger partial charge is 0.247 e. The Hall–Kier alpha value is -1.53. The van der Waals surface area contributed by atoms with E-state index in [0.29, 0.717) is 22.9 Å². The van der Waals surface area contributed by atoms with Gasteiger partial charge in [-0.1, -0.05) is 0 Å². The van der Waals surface area contributed by atoms with Crippen LogP contribution >= 0.6 is 27.5 Å². The number of aromatic nitrogens is 2. The van der Waals surface area contributed by atoms with Crippen molar-refractivity contribution < 1.29 is 9.47 Å². The quantitative estimate of drug-likeness (QED) is 0.862. The summed E-state index contributed by atoms with van der Waals surface area (Å²) in [5.41, 5.74) is 6.78. The van der Waals surface area contributed by atoms with Gasteiger partial charge in [-0.05, 0) is 52.7 Å². The van der Waals surface area contributed by atoms with Crippen molar-refractivity contribution in [2.75, 3.05) is 12.8 Å². The van der Waals surface area contributed by atoms with Crippen molar-refractivity contribution in [3.63, 3.8) is 0 Å². The summed E-state index contributed by atoms with van der Waals surface area (Å²) in [6, 6.07) is 5.29. The minimum absolute atomic E-state index is 0.0892. The predicted molar refractivity (Wildman–Crippen MR) is 77.0 cm³/mol. The summed E-state index contributed by atoms with van der Waals surface area (Å²) >= 11 is 9.17. The molecule has 0 aliphatic heterocycles. The zero-order valence-electron chi connectivity index (χ0n) is 10.3. The number of ether oxygens (including phenoxy) is 2. The van der Waals surface area contributed by atoms with Crippen molar-refractivity contribution in [2.24, 2.45) is 0 Å². The van der Waals surface area contributed by atoms with Crippen molar-refractivity contribution in [1.29, 1.82) is 0 Å². The third-order valence-corrected chi connectivity index (χ3v) is 3.21. The first-order chi connectivity index (χ1) is 9.01. The summed E-state index contributed by atoms with van der Waals surface area (Å²) in [4.78, 5) is 7.91. The van der Waals surface area contributed by atoms with E-state index in [9.17, 15) is 0 Å². The van der Waals surface area contributed by atoms with Gasteiger partial charge in [0.2, 0.25) is 11.2 Å². The van der Waals surface area contributed by atoms with Crippen LogP contribution in [0.2, 0.25) is 5.28 Å². The average molecular weight is 345 g/mol. The number of methoxy groups -OCH3 is 1. The first-order valence-corrected chi connectivity index (χ1v) is 6.49. The van der Waals surface area contributed by atoms with Gasteiger partial charge in [0.15, 0.2) is 0 Å². The highest BCUT2D eigenvalue weighted by atomic mass is 79.9. The number of nitrogen functional groups attached to an aromatic ring is 1. The number of nitrogens with two attached hydrogens (primary N) is 1. The van der Waals surface area contributed by atoms with Crippen molar-refractivity contribution in [2.45, 2.75) is 6.92 Å². The minimum atomic E-state index is 0.0892. The Labute approximate surface area is 123 Å². The van der Waals surface area contributed by atoms with Crippen molar-refractivity contribution >= 4 is 33.2 Å². The zero-order valence-corrected chi connectivity index (χ0v) is 12.6. The molecule has 0 amide bonds. The van der Waals surface area contributed by atoms with Crippen LogP contribution in [0.3, 0.4) is 0 Å². The fraction of sp³-hybridized carbons (Fsp3) is 0.167. The zero-order chi connectivity index (χ0) is 14.0. The Morgan fingerprint density at radius 2 is 2.05 bits per heavy atom. The lowest BCUT2D eigenvalue weighted by molar-refractivity contribution is 0.411. The Morgan fingerprint density at radius 1 is 1.32 bits per heavy atom. The molecule has 0 bridgehead atoms. The lowest BCUT2D eigenvalue weighted by atomic mass is 10.3. The lowest BCUT2D eigenvalue weighted by Gasteiger charge is -2.11. The maximum absolute atomic E-state index is 5.86. The molecule has 0 saturated carbocycles. The Bertz CT molecular complexity index is 622. The van der Waals surface area contributed by atoms with Crippen LogP contribution in [0.1, 0.15) is 5.69 Å². The topological polar surface area (TPSA) is 70.3 Å². The van der Waals surface area contributed by atoms with Crippen LogP contribution in [-0.2, 0) is 0 Å². The van der Waals surface area contributed by atoms with Crippen LogP contribution in [0.5, 0.6) is 17.4 Å². The number of nitrogens with zero attached hydrogens (tertiary/aromatic N) is 2. The van der Waals surface area contributed by atoms with Crippen molar-refractivity contribution in [3.8, 4) is 17.4 Å². The molecule has 2 N–H and O–H groups in total. The van der Waals surface area contributed by atoms with Crippen molar-refractivity contribution in [1.82, 2.24) is 9.97 Å². The molecule has 0 aliphatic rings. The normalized spacial score (nSPS) is 10.3. The van der Waals surface area contributed by atoms with E-state index in [2.05, 4.69) is 25.9 Å². The average Bonchev–Trinajstić information content (AvgIpc) is 2.37. The number of aryl methyl sites for hydroxylation is 1. The maximum Gasteiger partial charge on any atom is 0.247 e. The highest BCUT2D eigenvalue weighted by Gasteiger charge is 2.12. The predicted octanol–water partition coefficient (Wildman–Crippen LogP) is 3.58. The Balaban J connectivity index is 2.36. The van der Waals surface area contributed by atoms with E-state index in [-0.39, 0.29) is 11.2 Å². The minimum Gasteiger partial charge on any atom is -0.497 e. The highest BCUT2D eigenvalue weighted by Crippen LogP contribution is 2.34. The molecule has 0 radical (unpaired) electrons. The SMILES string of the molecule is COc1ccc(Oc2nc(Cl)nc(C)c2N)c(Br)c1. The number of anilines is 1. The third kappa shape index (κ3) is 3.08. The van der Waals surface area contributed by atoms with E-state index in [1.165, 1.54) is 0 Å². The van der Waals surface area contributed by atoms with Gasteiger partial charge in [-0.15, -0.1) is 0 Å². The number of benzene rings is 1. The van der Waals surface area contributed by atoms with E-state index in [0.717, 1.165) is 4.47 Å². The molecule has 1 heterocycles. The molecule has 0 aliphatic carbocycles. The monoisotopic (exact) mass is 343 g/mol. The van der Waals surface area contributed by atoms with Gasteiger partial charge in [-0.2, -0.15) is 4.98 Å². The summed E-state index contributed by atoms with van der Waals surface area (Å²) in [5.74, 6) is 1.49. The maximum atomic E-state index is 5.86. The van der Waals surface area contributed by atoms with E-state index in [1.54, 1.807) is 32.2 Å². The van der Waals surface area contributed by atoms with Crippen LogP contribution in [-0.4, -0.2) is 17.1 Å². The molecule has 0 atom stereocenters. The molecule has 2 rings (SSSR count). The first kappa shape index (κ1) is 13.9. The molecule has 19 heavy (non-hydrogen) atoms. The van der Waals surface area contributed by atoms with Crippen LogP contribution in [0.25, 0.3) is 0 Å². The van der Waals surface area contributed by atoms with Gasteiger partial charge >= 0.3 is 0 Å². The molecule has 0 fully saturated rings. The second kappa shape index (κ2) is 5.63. The molecule has 0 unspecified atom stereocenters. The largest absolute Gasteiger partial charge is 0.497 e. The van der Waals surface area contributed by atoms with Gasteiger partial charge in [0.25, 0.3) is 0 Å². The summed E-state index contributed by atoms with van der Waals surface area (Å²) in [6.45, 7) is 1.73. The summed E-state index contributed by atoms with van der Waals surface area (Å²) in [6.07, 6.45) is 0. The molecule has 100 valence electrons. The number of rotatable bonds is 3. The summed E-state index contributed by atoms with van der Waals surface area (Å²) in [5, 5.41) is 0.0892. The lowest BCUT2D eigenvalue weighted by Crippen LogP contribution is -2.01. The summed E-state index contributed by atoms with van der Waals surface area (Å²) < 4.78 is 11.5. The van der Waals surface area contributed by atoms with Gasteiger partial charge in [0.05, 0.1) is 17.3 Å². The van der Waals surface area contributed by atoms with Gasteiger partial charge < -0.3 is 15.2 Å². The molecule has 0 spiro atoms. The molecular formula is C12H11BrClN3O2. The third-order valence-electron chi connectivity index (χ3n) is 2.42. The van der Waals surface area contributed by atoms with Crippen LogP contribution < -0.4 is 15.2 Å². The van der Waals surface area contributed by atoms with Crippen LogP contribution in [0.4, 0.5) is 5.69 Å². The molecule has 7 heteroatoms. The fourth-order valence-electron chi connectivity index (χ4n) is 1.40. The van der Waals surface area contributed by atoms with Crippen LogP contribution in [0, 0.1) is 6.92 Å². The van der Waals surface area contributed by atoms with Gasteiger partial charge in [0.1, 0.15) is 17.2 Å². The molecule has 0 saturated heterocycles. The summed E-state index contributed by atoms with van der Waals surface area (Å²) in [7, 11) is 1.59. The first-order valence-electron chi connectivity index (χ1n) is 5.32. The van der Waals surface area contributed by atoms with Crippen molar-refractivity contribution in [3.05, 3.63) is 33.6 Å². The number of hydrogen-bond acceptors (Lipinski definition) is 5. The molecule has 1 aromatic heterocycles. The Kier molecular flexibility index (Phi) is 4.11. The van der Waals surface area contributed by atoms with E-state index in [1.807, 2.05) is 0 Å². The molecular weight excluding hydrogens is 334 g/mol.